The molecule has 0 aromatic heterocycles. The van der Waals surface area contributed by atoms with Crippen LogP contribution in [0.5, 0.6) is 0 Å². The van der Waals surface area contributed by atoms with Crippen LogP contribution in [0, 0.1) is 5.92 Å². The van der Waals surface area contributed by atoms with Crippen molar-refractivity contribution in [3.05, 3.63) is 65.7 Å². The Labute approximate surface area is 161 Å². The van der Waals surface area contributed by atoms with Crippen molar-refractivity contribution in [2.75, 3.05) is 18.0 Å². The number of anilines is 1. The quantitative estimate of drug-likeness (QED) is 0.771. The molecule has 0 bridgehead atoms. The van der Waals surface area contributed by atoms with Crippen LogP contribution in [0.25, 0.3) is 0 Å². The molecule has 2 amide bonds. The Bertz CT molecular complexity index is 835. The summed E-state index contributed by atoms with van der Waals surface area (Å²) in [5, 5.41) is 0. The number of hydrogen-bond donors (Lipinski definition) is 0. The summed E-state index contributed by atoms with van der Waals surface area (Å²) >= 11 is 0. The van der Waals surface area contributed by atoms with Gasteiger partial charge in [0.1, 0.15) is 0 Å². The van der Waals surface area contributed by atoms with Gasteiger partial charge in [0, 0.05) is 31.7 Å². The number of amides is 2. The smallest absolute Gasteiger partial charge is 0.338 e. The molecule has 4 nitrogen and oxygen atoms in total. The van der Waals surface area contributed by atoms with Crippen molar-refractivity contribution in [2.45, 2.75) is 26.1 Å². The molecule has 1 atom stereocenters. The highest BCUT2D eigenvalue weighted by atomic mass is 19.4. The van der Waals surface area contributed by atoms with E-state index in [1.54, 1.807) is 4.90 Å². The minimum absolute atomic E-state index is 0.0607. The maximum atomic E-state index is 12.9. The van der Waals surface area contributed by atoms with E-state index < -0.39 is 17.7 Å². The van der Waals surface area contributed by atoms with Crippen molar-refractivity contribution in [3.8, 4) is 0 Å². The largest absolute Gasteiger partial charge is 0.416 e. The van der Waals surface area contributed by atoms with E-state index in [0.717, 1.165) is 17.7 Å². The number of hydrogen-bond acceptors (Lipinski definition) is 2. The lowest BCUT2D eigenvalue weighted by atomic mass is 10.1. The van der Waals surface area contributed by atoms with E-state index in [0.29, 0.717) is 18.8 Å². The summed E-state index contributed by atoms with van der Waals surface area (Å²) in [4.78, 5) is 28.3. The molecule has 1 aliphatic rings. The molecular formula is C21H21F3N2O2. The highest BCUT2D eigenvalue weighted by Gasteiger charge is 2.37. The van der Waals surface area contributed by atoms with Gasteiger partial charge in [0.05, 0.1) is 11.5 Å². The van der Waals surface area contributed by atoms with Crippen LogP contribution in [-0.2, 0) is 22.3 Å². The van der Waals surface area contributed by atoms with E-state index in [4.69, 9.17) is 0 Å². The third-order valence-corrected chi connectivity index (χ3v) is 4.89. The number of alkyl halides is 3. The second kappa shape index (κ2) is 8.04. The van der Waals surface area contributed by atoms with Crippen LogP contribution < -0.4 is 4.90 Å². The van der Waals surface area contributed by atoms with E-state index >= 15 is 0 Å². The van der Waals surface area contributed by atoms with Crippen molar-refractivity contribution < 1.29 is 22.8 Å². The van der Waals surface area contributed by atoms with Crippen molar-refractivity contribution in [1.29, 1.82) is 0 Å². The van der Waals surface area contributed by atoms with Gasteiger partial charge in [0.15, 0.2) is 0 Å². The van der Waals surface area contributed by atoms with Crippen LogP contribution in [-0.4, -0.2) is 29.8 Å². The van der Waals surface area contributed by atoms with Gasteiger partial charge in [0.2, 0.25) is 11.8 Å². The molecule has 2 aromatic rings. The van der Waals surface area contributed by atoms with Gasteiger partial charge in [0.25, 0.3) is 0 Å². The van der Waals surface area contributed by atoms with E-state index in [2.05, 4.69) is 0 Å². The molecule has 1 unspecified atom stereocenters. The fourth-order valence-corrected chi connectivity index (χ4v) is 3.36. The molecule has 1 fully saturated rings. The first-order chi connectivity index (χ1) is 13.3. The second-order valence-corrected chi connectivity index (χ2v) is 6.79. The predicted molar refractivity (Wildman–Crippen MR) is 99.4 cm³/mol. The Morgan fingerprint density at radius 1 is 1.11 bits per heavy atom. The summed E-state index contributed by atoms with van der Waals surface area (Å²) in [6.07, 6.45) is -4.36. The third kappa shape index (κ3) is 4.35. The number of nitrogens with zero attached hydrogens (tertiary/aromatic N) is 2. The summed E-state index contributed by atoms with van der Waals surface area (Å²) in [6.45, 7) is 3.03. The lowest BCUT2D eigenvalue weighted by molar-refractivity contribution is -0.137. The zero-order chi connectivity index (χ0) is 20.3. The zero-order valence-corrected chi connectivity index (χ0v) is 15.4. The lowest BCUT2D eigenvalue weighted by Gasteiger charge is -2.24. The van der Waals surface area contributed by atoms with Crippen molar-refractivity contribution in [1.82, 2.24) is 4.90 Å². The predicted octanol–water partition coefficient (Wildman–Crippen LogP) is 4.11. The first-order valence-corrected chi connectivity index (χ1v) is 9.10. The molecule has 0 aliphatic carbocycles. The van der Waals surface area contributed by atoms with Crippen molar-refractivity contribution >= 4 is 17.5 Å². The third-order valence-electron chi connectivity index (χ3n) is 4.89. The Kier molecular flexibility index (Phi) is 5.72. The number of halogens is 3. The fourth-order valence-electron chi connectivity index (χ4n) is 3.36. The average molecular weight is 390 g/mol. The van der Waals surface area contributed by atoms with Crippen molar-refractivity contribution in [3.63, 3.8) is 0 Å². The Morgan fingerprint density at radius 2 is 1.75 bits per heavy atom. The van der Waals surface area contributed by atoms with Gasteiger partial charge in [-0.05, 0) is 36.8 Å². The molecule has 1 aliphatic heterocycles. The minimum Gasteiger partial charge on any atom is -0.338 e. The van der Waals surface area contributed by atoms with Crippen molar-refractivity contribution in [2.24, 2.45) is 5.92 Å². The minimum atomic E-state index is -4.43. The second-order valence-electron chi connectivity index (χ2n) is 6.79. The van der Waals surface area contributed by atoms with Crippen LogP contribution in [0.2, 0.25) is 0 Å². The first kappa shape index (κ1) is 19.9. The Morgan fingerprint density at radius 3 is 2.32 bits per heavy atom. The average Bonchev–Trinajstić information content (AvgIpc) is 3.07. The van der Waals surface area contributed by atoms with E-state index in [1.165, 1.54) is 17.0 Å². The molecule has 0 N–H and O–H groups in total. The number of rotatable bonds is 5. The van der Waals surface area contributed by atoms with Gasteiger partial charge in [-0.1, -0.05) is 30.3 Å². The molecule has 1 saturated heterocycles. The monoisotopic (exact) mass is 390 g/mol. The standard InChI is InChI=1S/C21H21F3N2O2/c1-2-25(13-15-6-4-3-5-7-15)20(28)16-12-19(27)26(14-16)18-10-8-17(9-11-18)21(22,23)24/h3-11,16H,2,12-14H2,1H3. The van der Waals surface area contributed by atoms with E-state index in [-0.39, 0.29) is 24.8 Å². The van der Waals surface area contributed by atoms with Crippen LogP contribution >= 0.6 is 0 Å². The highest BCUT2D eigenvalue weighted by Crippen LogP contribution is 2.32. The number of carbonyl (C=O) groups is 2. The molecule has 148 valence electrons. The van der Waals surface area contributed by atoms with Crippen LogP contribution in [0.4, 0.5) is 18.9 Å². The maximum Gasteiger partial charge on any atom is 0.416 e. The maximum absolute atomic E-state index is 12.9. The molecule has 3 rings (SSSR count). The van der Waals surface area contributed by atoms with Gasteiger partial charge in [-0.25, -0.2) is 0 Å². The SMILES string of the molecule is CCN(Cc1ccccc1)C(=O)C1CC(=O)N(c2ccc(C(F)(F)F)cc2)C1. The molecule has 0 radical (unpaired) electrons. The zero-order valence-electron chi connectivity index (χ0n) is 15.4. The van der Waals surface area contributed by atoms with E-state index in [1.807, 2.05) is 37.3 Å². The van der Waals surface area contributed by atoms with Gasteiger partial charge < -0.3 is 9.80 Å². The first-order valence-electron chi connectivity index (χ1n) is 9.10. The van der Waals surface area contributed by atoms with Gasteiger partial charge >= 0.3 is 6.18 Å². The fraction of sp³-hybridized carbons (Fsp3) is 0.333. The normalized spacial score (nSPS) is 17.1. The lowest BCUT2D eigenvalue weighted by Crippen LogP contribution is -2.37. The van der Waals surface area contributed by atoms with Crippen LogP contribution in [0.1, 0.15) is 24.5 Å². The molecular weight excluding hydrogens is 369 g/mol. The van der Waals surface area contributed by atoms with Gasteiger partial charge in [-0.15, -0.1) is 0 Å². The number of benzene rings is 2. The summed E-state index contributed by atoms with van der Waals surface area (Å²) in [5.41, 5.74) is 0.608. The highest BCUT2D eigenvalue weighted by molar-refractivity contribution is 6.00. The van der Waals surface area contributed by atoms with Gasteiger partial charge in [-0.2, -0.15) is 13.2 Å². The summed E-state index contributed by atoms with van der Waals surface area (Å²) in [5.74, 6) is -0.874. The summed E-state index contributed by atoms with van der Waals surface area (Å²) < 4.78 is 38.2. The van der Waals surface area contributed by atoms with E-state index in [9.17, 15) is 22.8 Å². The molecule has 7 heteroatoms. The Balaban J connectivity index is 1.70. The summed E-state index contributed by atoms with van der Waals surface area (Å²) in [7, 11) is 0. The molecule has 0 saturated carbocycles. The molecule has 0 spiro atoms. The van der Waals surface area contributed by atoms with Crippen LogP contribution in [0.15, 0.2) is 54.6 Å². The molecule has 2 aromatic carbocycles. The molecule has 1 heterocycles. The summed E-state index contributed by atoms with van der Waals surface area (Å²) in [6, 6.07) is 14.0. The topological polar surface area (TPSA) is 40.6 Å². The number of carbonyl (C=O) groups excluding carboxylic acids is 2. The van der Waals surface area contributed by atoms with Crippen LogP contribution in [0.3, 0.4) is 0 Å². The Hall–Kier alpha value is -2.83. The van der Waals surface area contributed by atoms with Gasteiger partial charge in [-0.3, -0.25) is 9.59 Å². The molecule has 28 heavy (non-hydrogen) atoms.